The number of carbonyl (C=O) groups excluding carboxylic acids is 1. The van der Waals surface area contributed by atoms with Crippen molar-refractivity contribution in [1.29, 1.82) is 0 Å². The van der Waals surface area contributed by atoms with Crippen LogP contribution in [0.2, 0.25) is 5.02 Å². The van der Waals surface area contributed by atoms with Crippen molar-refractivity contribution < 1.29 is 18.7 Å². The number of aryl methyl sites for hydroxylation is 1. The summed E-state index contributed by atoms with van der Waals surface area (Å²) in [6.45, 7) is 6.27. The smallest absolute Gasteiger partial charge is 0.248 e. The van der Waals surface area contributed by atoms with Crippen molar-refractivity contribution in [2.24, 2.45) is 0 Å². The molecular formula is C28H26ClNO4. The lowest BCUT2D eigenvalue weighted by atomic mass is 9.96. The molecule has 0 aliphatic carbocycles. The number of hydrogen-bond donors (Lipinski definition) is 1. The molecule has 0 saturated carbocycles. The number of hydrogen-bond acceptors (Lipinski definition) is 4. The summed E-state index contributed by atoms with van der Waals surface area (Å²) in [7, 11) is 1.64. The molecule has 4 rings (SSSR count). The molecule has 0 aliphatic heterocycles. The Morgan fingerprint density at radius 1 is 1.15 bits per heavy atom. The topological polar surface area (TPSA) is 60.7 Å². The minimum Gasteiger partial charge on any atom is -0.497 e. The number of halogens is 1. The van der Waals surface area contributed by atoms with Crippen LogP contribution < -0.4 is 14.8 Å². The van der Waals surface area contributed by atoms with Crippen LogP contribution in [0, 0.1) is 6.92 Å². The van der Waals surface area contributed by atoms with Gasteiger partial charge in [-0.15, -0.1) is 0 Å². The van der Waals surface area contributed by atoms with Crippen LogP contribution in [0.1, 0.15) is 25.0 Å². The lowest BCUT2D eigenvalue weighted by Crippen LogP contribution is -2.09. The van der Waals surface area contributed by atoms with E-state index in [9.17, 15) is 4.79 Å². The summed E-state index contributed by atoms with van der Waals surface area (Å²) in [4.78, 5) is 12.8. The van der Waals surface area contributed by atoms with Crippen LogP contribution in [0.4, 0.5) is 5.69 Å². The molecule has 0 bridgehead atoms. The van der Waals surface area contributed by atoms with Crippen LogP contribution in [0.15, 0.2) is 71.4 Å². The van der Waals surface area contributed by atoms with E-state index in [4.69, 9.17) is 25.5 Å². The number of ether oxygens (including phenoxy) is 2. The van der Waals surface area contributed by atoms with Gasteiger partial charge in [0.15, 0.2) is 0 Å². The van der Waals surface area contributed by atoms with Gasteiger partial charge in [0.25, 0.3) is 0 Å². The number of fused-ring (bicyclic) bond motifs is 1. The summed E-state index contributed by atoms with van der Waals surface area (Å²) < 4.78 is 17.4. The van der Waals surface area contributed by atoms with Gasteiger partial charge in [0.1, 0.15) is 17.1 Å². The van der Waals surface area contributed by atoms with E-state index in [2.05, 4.69) is 5.32 Å². The first-order valence-corrected chi connectivity index (χ1v) is 11.4. The predicted molar refractivity (Wildman–Crippen MR) is 138 cm³/mol. The summed E-state index contributed by atoms with van der Waals surface area (Å²) in [6.07, 6.45) is 3.30. The highest BCUT2D eigenvalue weighted by Gasteiger charge is 2.19. The van der Waals surface area contributed by atoms with Gasteiger partial charge in [0, 0.05) is 28.2 Å². The van der Waals surface area contributed by atoms with Crippen molar-refractivity contribution in [3.05, 3.63) is 83.1 Å². The standard InChI is InChI=1S/C28H26ClNO4/c1-5-33-27-18(3)28-22(23(16-34-28)19-9-8-10-20(14-19)32-4)15-21(27)17(2)13-26(31)30-25-12-7-6-11-24(25)29/h6-16H,5H2,1-4H3,(H,30,31)/b17-13+. The Morgan fingerprint density at radius 3 is 2.68 bits per heavy atom. The average Bonchev–Trinajstić information content (AvgIpc) is 3.26. The van der Waals surface area contributed by atoms with Crippen molar-refractivity contribution >= 4 is 39.7 Å². The molecule has 0 unspecified atom stereocenters. The van der Waals surface area contributed by atoms with E-state index in [-0.39, 0.29) is 5.91 Å². The van der Waals surface area contributed by atoms with Crippen molar-refractivity contribution in [2.75, 3.05) is 19.0 Å². The third kappa shape index (κ3) is 4.66. The van der Waals surface area contributed by atoms with Gasteiger partial charge in [-0.05, 0) is 62.2 Å². The number of amides is 1. The number of methoxy groups -OCH3 is 1. The molecule has 5 nitrogen and oxygen atoms in total. The molecular weight excluding hydrogens is 450 g/mol. The number of benzene rings is 3. The third-order valence-corrected chi connectivity index (χ3v) is 5.95. The van der Waals surface area contributed by atoms with E-state index in [0.717, 1.165) is 44.5 Å². The number of carbonyl (C=O) groups is 1. The predicted octanol–water partition coefficient (Wildman–Crippen LogP) is 7.51. The van der Waals surface area contributed by atoms with E-state index < -0.39 is 0 Å². The van der Waals surface area contributed by atoms with Gasteiger partial charge in [-0.25, -0.2) is 0 Å². The molecule has 1 N–H and O–H groups in total. The molecule has 6 heteroatoms. The van der Waals surface area contributed by atoms with E-state index in [1.54, 1.807) is 31.6 Å². The molecule has 1 amide bonds. The molecule has 34 heavy (non-hydrogen) atoms. The summed E-state index contributed by atoms with van der Waals surface area (Å²) in [5, 5.41) is 4.25. The van der Waals surface area contributed by atoms with Gasteiger partial charge in [-0.1, -0.05) is 35.9 Å². The Bertz CT molecular complexity index is 1390. The maximum atomic E-state index is 12.8. The van der Waals surface area contributed by atoms with Crippen LogP contribution in [0.5, 0.6) is 11.5 Å². The fraction of sp³-hybridized carbons (Fsp3) is 0.179. The molecule has 3 aromatic carbocycles. The first-order valence-electron chi connectivity index (χ1n) is 11.0. The summed E-state index contributed by atoms with van der Waals surface area (Å²) in [5.74, 6) is 1.19. The zero-order chi connectivity index (χ0) is 24.2. The second kappa shape index (κ2) is 10.1. The Kier molecular flexibility index (Phi) is 6.94. The number of furan rings is 1. The van der Waals surface area contributed by atoms with E-state index >= 15 is 0 Å². The minimum absolute atomic E-state index is 0.272. The number of anilines is 1. The van der Waals surface area contributed by atoms with E-state index in [1.807, 2.05) is 63.2 Å². The van der Waals surface area contributed by atoms with Crippen LogP contribution >= 0.6 is 11.6 Å². The molecule has 0 radical (unpaired) electrons. The molecule has 0 saturated heterocycles. The molecule has 4 aromatic rings. The molecule has 0 aliphatic rings. The van der Waals surface area contributed by atoms with Gasteiger partial charge in [0.05, 0.1) is 30.7 Å². The minimum atomic E-state index is -0.272. The van der Waals surface area contributed by atoms with Crippen molar-refractivity contribution in [2.45, 2.75) is 20.8 Å². The van der Waals surface area contributed by atoms with Gasteiger partial charge < -0.3 is 19.2 Å². The zero-order valence-electron chi connectivity index (χ0n) is 19.6. The molecule has 0 spiro atoms. The molecule has 1 aromatic heterocycles. The summed E-state index contributed by atoms with van der Waals surface area (Å²) in [6, 6.07) is 17.0. The largest absolute Gasteiger partial charge is 0.497 e. The third-order valence-electron chi connectivity index (χ3n) is 5.62. The number of rotatable bonds is 7. The first-order chi connectivity index (χ1) is 16.4. The normalized spacial score (nSPS) is 11.5. The highest BCUT2D eigenvalue weighted by molar-refractivity contribution is 6.33. The summed E-state index contributed by atoms with van der Waals surface area (Å²) in [5.41, 5.74) is 5.69. The first kappa shape index (κ1) is 23.5. The SMILES string of the molecule is CCOc1c(/C(C)=C/C(=O)Nc2ccccc2Cl)cc2c(-c3cccc(OC)c3)coc2c1C. The summed E-state index contributed by atoms with van der Waals surface area (Å²) >= 11 is 6.18. The highest BCUT2D eigenvalue weighted by Crippen LogP contribution is 2.41. The molecule has 174 valence electrons. The molecule has 0 atom stereocenters. The fourth-order valence-electron chi connectivity index (χ4n) is 3.96. The maximum absolute atomic E-state index is 12.8. The van der Waals surface area contributed by atoms with Crippen LogP contribution in [0.25, 0.3) is 27.7 Å². The number of allylic oxidation sites excluding steroid dienone is 1. The van der Waals surface area contributed by atoms with Gasteiger partial charge >= 0.3 is 0 Å². The molecule has 0 fully saturated rings. The van der Waals surface area contributed by atoms with Gasteiger partial charge in [0.2, 0.25) is 5.91 Å². The average molecular weight is 476 g/mol. The monoisotopic (exact) mass is 475 g/mol. The van der Waals surface area contributed by atoms with Crippen LogP contribution in [0.3, 0.4) is 0 Å². The van der Waals surface area contributed by atoms with Gasteiger partial charge in [-0.3, -0.25) is 4.79 Å². The Labute approximate surface area is 203 Å². The Morgan fingerprint density at radius 2 is 1.94 bits per heavy atom. The molecule has 1 heterocycles. The second-order valence-electron chi connectivity index (χ2n) is 7.87. The Balaban J connectivity index is 1.80. The number of para-hydroxylation sites is 1. The van der Waals surface area contributed by atoms with Crippen molar-refractivity contribution in [1.82, 2.24) is 0 Å². The quantitative estimate of drug-likeness (QED) is 0.281. The van der Waals surface area contributed by atoms with Crippen molar-refractivity contribution in [3.63, 3.8) is 0 Å². The Hall–Kier alpha value is -3.70. The van der Waals surface area contributed by atoms with Crippen LogP contribution in [-0.2, 0) is 4.79 Å². The van der Waals surface area contributed by atoms with Crippen LogP contribution in [-0.4, -0.2) is 19.6 Å². The second-order valence-corrected chi connectivity index (χ2v) is 8.27. The number of nitrogens with one attached hydrogen (secondary N) is 1. The van der Waals surface area contributed by atoms with E-state index in [0.29, 0.717) is 23.1 Å². The lowest BCUT2D eigenvalue weighted by Gasteiger charge is -2.15. The van der Waals surface area contributed by atoms with Gasteiger partial charge in [-0.2, -0.15) is 0 Å². The van der Waals surface area contributed by atoms with Crippen molar-refractivity contribution in [3.8, 4) is 22.6 Å². The fourth-order valence-corrected chi connectivity index (χ4v) is 4.14. The maximum Gasteiger partial charge on any atom is 0.248 e. The lowest BCUT2D eigenvalue weighted by molar-refractivity contribution is -0.111. The highest BCUT2D eigenvalue weighted by atomic mass is 35.5. The van der Waals surface area contributed by atoms with E-state index in [1.165, 1.54) is 0 Å². The zero-order valence-corrected chi connectivity index (χ0v) is 20.3.